The third-order valence-electron chi connectivity index (χ3n) is 6.03. The summed E-state index contributed by atoms with van der Waals surface area (Å²) < 4.78 is 28.8. The van der Waals surface area contributed by atoms with Gasteiger partial charge in [-0.05, 0) is 24.1 Å². The number of nitrogens with zero attached hydrogens (tertiary/aromatic N) is 4. The molecule has 3 aromatic rings. The molecule has 0 saturated heterocycles. The standard InChI is InChI=1S/C25H26ClN5O4S/c1-4-16(2)23-25(33)31(13-21(32)29-36(34,35)22-14-30(3)15-27-22)20-11-10-18(26)12-19(20)24(28-23)17-8-6-5-7-9-17/h5-12,14-16,23H,4,13H2,1-3H3,(H,29,32)/t16?,23-/m0/s1. The van der Waals surface area contributed by atoms with E-state index in [1.807, 2.05) is 48.9 Å². The van der Waals surface area contributed by atoms with Crippen LogP contribution in [0.25, 0.3) is 0 Å². The number of sulfonamides is 1. The molecule has 1 aliphatic heterocycles. The molecule has 1 aromatic heterocycles. The molecule has 1 unspecified atom stereocenters. The molecule has 0 aliphatic carbocycles. The number of anilines is 1. The fraction of sp³-hybridized carbons (Fsp3) is 0.280. The summed E-state index contributed by atoms with van der Waals surface area (Å²) in [5, 5.41) is 0.147. The van der Waals surface area contributed by atoms with Crippen molar-refractivity contribution in [3.8, 4) is 0 Å². The zero-order valence-electron chi connectivity index (χ0n) is 20.1. The van der Waals surface area contributed by atoms with Crippen molar-refractivity contribution in [2.75, 3.05) is 11.4 Å². The van der Waals surface area contributed by atoms with Gasteiger partial charge in [0, 0.05) is 29.4 Å². The van der Waals surface area contributed by atoms with Gasteiger partial charge in [0.1, 0.15) is 12.6 Å². The van der Waals surface area contributed by atoms with Crippen LogP contribution in [0, 0.1) is 5.92 Å². The molecule has 2 heterocycles. The summed E-state index contributed by atoms with van der Waals surface area (Å²) in [5.41, 5.74) is 2.37. The van der Waals surface area contributed by atoms with E-state index in [0.29, 0.717) is 28.4 Å². The van der Waals surface area contributed by atoms with Gasteiger partial charge in [-0.3, -0.25) is 14.6 Å². The number of benzene rings is 2. The van der Waals surface area contributed by atoms with Crippen molar-refractivity contribution in [2.45, 2.75) is 31.3 Å². The van der Waals surface area contributed by atoms with E-state index in [2.05, 4.69) is 4.98 Å². The number of nitrogens with one attached hydrogen (secondary N) is 1. The first kappa shape index (κ1) is 25.6. The average molecular weight is 528 g/mol. The van der Waals surface area contributed by atoms with Crippen LogP contribution >= 0.6 is 11.6 Å². The minimum atomic E-state index is -4.21. The average Bonchev–Trinajstić information content (AvgIpc) is 3.26. The summed E-state index contributed by atoms with van der Waals surface area (Å²) in [7, 11) is -2.59. The number of rotatable bonds is 7. The molecule has 36 heavy (non-hydrogen) atoms. The van der Waals surface area contributed by atoms with E-state index in [4.69, 9.17) is 16.6 Å². The normalized spacial score (nSPS) is 16.7. The van der Waals surface area contributed by atoms with Crippen LogP contribution < -0.4 is 9.62 Å². The fourth-order valence-electron chi connectivity index (χ4n) is 3.96. The van der Waals surface area contributed by atoms with Crippen molar-refractivity contribution in [3.05, 3.63) is 77.2 Å². The third kappa shape index (κ3) is 5.19. The Hall–Kier alpha value is -3.50. The molecule has 2 amide bonds. The Bertz CT molecular complexity index is 1440. The highest BCUT2D eigenvalue weighted by Gasteiger charge is 2.36. The number of halogens is 1. The van der Waals surface area contributed by atoms with Crippen molar-refractivity contribution in [1.82, 2.24) is 14.3 Å². The summed E-state index contributed by atoms with van der Waals surface area (Å²) in [4.78, 5) is 36.7. The zero-order valence-corrected chi connectivity index (χ0v) is 21.6. The molecule has 0 fully saturated rings. The monoisotopic (exact) mass is 527 g/mol. The highest BCUT2D eigenvalue weighted by Crippen LogP contribution is 2.33. The molecule has 0 radical (unpaired) electrons. The molecule has 188 valence electrons. The lowest BCUT2D eigenvalue weighted by Gasteiger charge is -2.26. The number of carbonyl (C=O) groups excluding carboxylic acids is 2. The molecule has 0 saturated carbocycles. The Kier molecular flexibility index (Phi) is 7.28. The van der Waals surface area contributed by atoms with Gasteiger partial charge in [-0.2, -0.15) is 8.42 Å². The van der Waals surface area contributed by atoms with Crippen LogP contribution in [-0.2, 0) is 26.7 Å². The topological polar surface area (TPSA) is 114 Å². The maximum atomic E-state index is 13.8. The van der Waals surface area contributed by atoms with Crippen molar-refractivity contribution >= 4 is 44.8 Å². The molecule has 1 N–H and O–H groups in total. The second kappa shape index (κ2) is 10.2. The van der Waals surface area contributed by atoms with E-state index in [0.717, 1.165) is 5.56 Å². The molecule has 9 nitrogen and oxygen atoms in total. The van der Waals surface area contributed by atoms with Crippen molar-refractivity contribution in [2.24, 2.45) is 18.0 Å². The van der Waals surface area contributed by atoms with E-state index in [1.165, 1.54) is 22.0 Å². The lowest BCUT2D eigenvalue weighted by atomic mass is 9.98. The number of aliphatic imine (C=N–C) groups is 1. The van der Waals surface area contributed by atoms with Gasteiger partial charge in [-0.1, -0.05) is 62.2 Å². The minimum absolute atomic E-state index is 0.135. The van der Waals surface area contributed by atoms with Crippen LogP contribution in [0.2, 0.25) is 5.02 Å². The maximum Gasteiger partial charge on any atom is 0.283 e. The summed E-state index contributed by atoms with van der Waals surface area (Å²) in [6, 6.07) is 13.6. The summed E-state index contributed by atoms with van der Waals surface area (Å²) in [5.74, 6) is -1.41. The number of imidazole rings is 1. The number of amides is 2. The lowest BCUT2D eigenvalue weighted by Crippen LogP contribution is -2.47. The van der Waals surface area contributed by atoms with Gasteiger partial charge in [0.15, 0.2) is 5.03 Å². The zero-order chi connectivity index (χ0) is 26.0. The van der Waals surface area contributed by atoms with Gasteiger partial charge >= 0.3 is 0 Å². The van der Waals surface area contributed by atoms with E-state index >= 15 is 0 Å². The van der Waals surface area contributed by atoms with Crippen LogP contribution in [-0.4, -0.2) is 48.1 Å². The van der Waals surface area contributed by atoms with Crippen molar-refractivity contribution in [3.63, 3.8) is 0 Å². The Morgan fingerprint density at radius 1 is 1.19 bits per heavy atom. The minimum Gasteiger partial charge on any atom is -0.339 e. The molecule has 1 aliphatic rings. The molecule has 4 rings (SSSR count). The van der Waals surface area contributed by atoms with E-state index in [9.17, 15) is 18.0 Å². The second-order valence-corrected chi connectivity index (χ2v) is 10.7. The number of benzodiazepines with no additional fused rings is 1. The molecule has 11 heteroatoms. The van der Waals surface area contributed by atoms with Gasteiger partial charge in [0.25, 0.3) is 21.8 Å². The predicted molar refractivity (Wildman–Crippen MR) is 138 cm³/mol. The van der Waals surface area contributed by atoms with Gasteiger partial charge < -0.3 is 9.47 Å². The summed E-state index contributed by atoms with van der Waals surface area (Å²) >= 11 is 6.33. The smallest absolute Gasteiger partial charge is 0.283 e. The van der Waals surface area contributed by atoms with E-state index < -0.39 is 34.4 Å². The Morgan fingerprint density at radius 2 is 1.92 bits per heavy atom. The van der Waals surface area contributed by atoms with E-state index in [1.54, 1.807) is 25.2 Å². The van der Waals surface area contributed by atoms with Gasteiger partial charge in [-0.15, -0.1) is 0 Å². The number of carbonyl (C=O) groups is 2. The Balaban J connectivity index is 1.77. The van der Waals surface area contributed by atoms with E-state index in [-0.39, 0.29) is 10.9 Å². The van der Waals surface area contributed by atoms with Gasteiger partial charge in [-0.25, -0.2) is 9.71 Å². The quantitative estimate of drug-likeness (QED) is 0.507. The van der Waals surface area contributed by atoms with Crippen LogP contribution in [0.1, 0.15) is 31.4 Å². The molecular formula is C25H26ClN5O4S. The lowest BCUT2D eigenvalue weighted by molar-refractivity contribution is -0.124. The van der Waals surface area contributed by atoms with Gasteiger partial charge in [0.05, 0.1) is 17.7 Å². The number of aromatic nitrogens is 2. The van der Waals surface area contributed by atoms with Crippen LogP contribution in [0.3, 0.4) is 0 Å². The van der Waals surface area contributed by atoms with Crippen LogP contribution in [0.15, 0.2) is 71.1 Å². The van der Waals surface area contributed by atoms with Crippen molar-refractivity contribution < 1.29 is 18.0 Å². The molecule has 0 spiro atoms. The first-order valence-corrected chi connectivity index (χ1v) is 13.2. The first-order chi connectivity index (χ1) is 17.1. The number of aryl methyl sites for hydroxylation is 1. The highest BCUT2D eigenvalue weighted by molar-refractivity contribution is 7.90. The van der Waals surface area contributed by atoms with Crippen molar-refractivity contribution in [1.29, 1.82) is 0 Å². The van der Waals surface area contributed by atoms with Crippen LogP contribution in [0.4, 0.5) is 5.69 Å². The molecule has 2 atom stereocenters. The first-order valence-electron chi connectivity index (χ1n) is 11.4. The van der Waals surface area contributed by atoms with Crippen LogP contribution in [0.5, 0.6) is 0 Å². The molecule has 0 bridgehead atoms. The highest BCUT2D eigenvalue weighted by atomic mass is 35.5. The number of hydrogen-bond donors (Lipinski definition) is 1. The Labute approximate surface area is 214 Å². The third-order valence-corrected chi connectivity index (χ3v) is 7.52. The molecular weight excluding hydrogens is 502 g/mol. The number of hydrogen-bond acceptors (Lipinski definition) is 6. The maximum absolute atomic E-state index is 13.8. The molecule has 2 aromatic carbocycles. The second-order valence-electron chi connectivity index (χ2n) is 8.67. The largest absolute Gasteiger partial charge is 0.339 e. The summed E-state index contributed by atoms with van der Waals surface area (Å²) in [6.07, 6.45) is 3.27. The van der Waals surface area contributed by atoms with Gasteiger partial charge in [0.2, 0.25) is 0 Å². The fourth-order valence-corrected chi connectivity index (χ4v) is 5.10. The SMILES string of the molecule is CCC(C)[C@@H]1N=C(c2ccccc2)c2cc(Cl)ccc2N(CC(=O)NS(=O)(=O)c2cn(C)cn2)C1=O. The number of fused-ring (bicyclic) bond motifs is 1. The summed E-state index contributed by atoms with van der Waals surface area (Å²) in [6.45, 7) is 3.35. The predicted octanol–water partition coefficient (Wildman–Crippen LogP) is 3.18. The Morgan fingerprint density at radius 3 is 2.56 bits per heavy atom.